The summed E-state index contributed by atoms with van der Waals surface area (Å²) in [5.41, 5.74) is 0. The molecular formula is C12H17NO4S. The highest BCUT2D eigenvalue weighted by Gasteiger charge is 2.33. The lowest BCUT2D eigenvalue weighted by Crippen LogP contribution is -2.42. The van der Waals surface area contributed by atoms with Crippen LogP contribution in [-0.2, 0) is 14.8 Å². The monoisotopic (exact) mass is 271 g/mol. The van der Waals surface area contributed by atoms with Crippen LogP contribution in [-0.4, -0.2) is 36.9 Å². The molecule has 2 rings (SSSR count). The van der Waals surface area contributed by atoms with Crippen molar-refractivity contribution >= 4 is 16.0 Å². The third-order valence-electron chi connectivity index (χ3n) is 3.33. The number of carboxylic acid groups (broad SMARTS) is 1. The molecule has 1 aliphatic heterocycles. The van der Waals surface area contributed by atoms with E-state index in [1.807, 2.05) is 6.08 Å². The topological polar surface area (TPSA) is 74.7 Å². The normalized spacial score (nSPS) is 25.8. The zero-order valence-electron chi connectivity index (χ0n) is 10.1. The largest absolute Gasteiger partial charge is 0.481 e. The van der Waals surface area contributed by atoms with Gasteiger partial charge in [-0.2, -0.15) is 4.31 Å². The number of nitrogens with zero attached hydrogens (tertiary/aromatic N) is 1. The van der Waals surface area contributed by atoms with Gasteiger partial charge in [0.25, 0.3) is 0 Å². The first-order valence-electron chi connectivity index (χ1n) is 6.11. The SMILES string of the molecule is O=C(O)C1CCCN(S(=O)(=O)C2=CCCC=C2)C1. The van der Waals surface area contributed by atoms with Gasteiger partial charge in [0.15, 0.2) is 0 Å². The number of hydrogen-bond acceptors (Lipinski definition) is 3. The first-order valence-corrected chi connectivity index (χ1v) is 7.55. The first-order chi connectivity index (χ1) is 8.51. The Kier molecular flexibility index (Phi) is 3.87. The molecular weight excluding hydrogens is 254 g/mol. The summed E-state index contributed by atoms with van der Waals surface area (Å²) in [6.45, 7) is 0.500. The molecule has 0 aromatic heterocycles. The van der Waals surface area contributed by atoms with Gasteiger partial charge in [-0.05, 0) is 31.8 Å². The molecule has 0 aromatic rings. The van der Waals surface area contributed by atoms with Gasteiger partial charge in [0, 0.05) is 13.1 Å². The van der Waals surface area contributed by atoms with Gasteiger partial charge < -0.3 is 5.11 Å². The number of allylic oxidation sites excluding steroid dienone is 3. The van der Waals surface area contributed by atoms with Gasteiger partial charge >= 0.3 is 5.97 Å². The summed E-state index contributed by atoms with van der Waals surface area (Å²) in [7, 11) is -3.51. The molecule has 1 atom stereocenters. The van der Waals surface area contributed by atoms with Gasteiger partial charge in [0.1, 0.15) is 0 Å². The molecule has 0 amide bonds. The summed E-state index contributed by atoms with van der Waals surface area (Å²) in [6, 6.07) is 0. The predicted molar refractivity (Wildman–Crippen MR) is 67.3 cm³/mol. The Morgan fingerprint density at radius 3 is 2.78 bits per heavy atom. The summed E-state index contributed by atoms with van der Waals surface area (Å²) >= 11 is 0. The van der Waals surface area contributed by atoms with E-state index in [-0.39, 0.29) is 6.54 Å². The Morgan fingerprint density at radius 2 is 2.17 bits per heavy atom. The van der Waals surface area contributed by atoms with Gasteiger partial charge in [0.05, 0.1) is 10.8 Å². The fourth-order valence-corrected chi connectivity index (χ4v) is 3.93. The number of carboxylic acids is 1. The van der Waals surface area contributed by atoms with E-state index in [1.54, 1.807) is 12.2 Å². The van der Waals surface area contributed by atoms with Crippen molar-refractivity contribution in [3.05, 3.63) is 23.1 Å². The van der Waals surface area contributed by atoms with Crippen LogP contribution in [0.4, 0.5) is 0 Å². The smallest absolute Gasteiger partial charge is 0.307 e. The maximum Gasteiger partial charge on any atom is 0.307 e. The van der Waals surface area contributed by atoms with E-state index in [4.69, 9.17) is 5.11 Å². The third-order valence-corrected chi connectivity index (χ3v) is 5.24. The maximum absolute atomic E-state index is 12.3. The van der Waals surface area contributed by atoms with Crippen LogP contribution in [0, 0.1) is 5.92 Å². The summed E-state index contributed by atoms with van der Waals surface area (Å²) in [5, 5.41) is 8.98. The molecule has 0 spiro atoms. The number of rotatable bonds is 3. The van der Waals surface area contributed by atoms with E-state index in [0.717, 1.165) is 12.8 Å². The van der Waals surface area contributed by atoms with Crippen molar-refractivity contribution in [2.45, 2.75) is 25.7 Å². The summed E-state index contributed by atoms with van der Waals surface area (Å²) in [5.74, 6) is -1.50. The average molecular weight is 271 g/mol. The summed E-state index contributed by atoms with van der Waals surface area (Å²) < 4.78 is 25.9. The van der Waals surface area contributed by atoms with Gasteiger partial charge in [0.2, 0.25) is 10.0 Å². The summed E-state index contributed by atoms with van der Waals surface area (Å²) in [6.07, 6.45) is 7.90. The van der Waals surface area contributed by atoms with Gasteiger partial charge in [-0.3, -0.25) is 4.79 Å². The molecule has 2 aliphatic rings. The molecule has 1 fully saturated rings. The summed E-state index contributed by atoms with van der Waals surface area (Å²) in [4.78, 5) is 11.3. The molecule has 1 heterocycles. The minimum atomic E-state index is -3.51. The molecule has 6 heteroatoms. The lowest BCUT2D eigenvalue weighted by molar-refractivity contribution is -0.142. The maximum atomic E-state index is 12.3. The van der Waals surface area contributed by atoms with Crippen LogP contribution >= 0.6 is 0 Å². The van der Waals surface area contributed by atoms with Crippen molar-refractivity contribution in [1.82, 2.24) is 4.31 Å². The molecule has 0 aromatic carbocycles. The minimum absolute atomic E-state index is 0.0862. The second-order valence-electron chi connectivity index (χ2n) is 4.63. The molecule has 18 heavy (non-hydrogen) atoms. The van der Waals surface area contributed by atoms with Gasteiger partial charge in [-0.15, -0.1) is 0 Å². The van der Waals surface area contributed by atoms with Gasteiger partial charge in [-0.1, -0.05) is 12.2 Å². The molecule has 1 unspecified atom stereocenters. The Morgan fingerprint density at radius 1 is 1.39 bits per heavy atom. The van der Waals surface area contributed by atoms with Crippen LogP contribution in [0.5, 0.6) is 0 Å². The van der Waals surface area contributed by atoms with E-state index < -0.39 is 21.9 Å². The van der Waals surface area contributed by atoms with E-state index in [1.165, 1.54) is 4.31 Å². The first kappa shape index (κ1) is 13.3. The average Bonchev–Trinajstić information content (AvgIpc) is 2.40. The van der Waals surface area contributed by atoms with Crippen molar-refractivity contribution in [3.8, 4) is 0 Å². The van der Waals surface area contributed by atoms with Crippen molar-refractivity contribution < 1.29 is 18.3 Å². The number of hydrogen-bond donors (Lipinski definition) is 1. The Bertz CT molecular complexity index is 492. The van der Waals surface area contributed by atoms with E-state index >= 15 is 0 Å². The molecule has 100 valence electrons. The van der Waals surface area contributed by atoms with Crippen LogP contribution in [0.2, 0.25) is 0 Å². The fourth-order valence-electron chi connectivity index (χ4n) is 2.29. The molecule has 0 bridgehead atoms. The fraction of sp³-hybridized carbons (Fsp3) is 0.583. The number of aliphatic carboxylic acids is 1. The highest BCUT2D eigenvalue weighted by atomic mass is 32.2. The molecule has 5 nitrogen and oxygen atoms in total. The third kappa shape index (κ3) is 2.64. The molecule has 1 saturated heterocycles. The highest BCUT2D eigenvalue weighted by Crippen LogP contribution is 2.25. The molecule has 0 saturated carbocycles. The number of piperidine rings is 1. The second kappa shape index (κ2) is 5.24. The standard InChI is InChI=1S/C12H17NO4S/c14-12(15)10-5-4-8-13(9-10)18(16,17)11-6-2-1-3-7-11/h2,6-7,10H,1,3-5,8-9H2,(H,14,15). The highest BCUT2D eigenvalue weighted by molar-refractivity contribution is 7.93. The van der Waals surface area contributed by atoms with Crippen LogP contribution in [0.25, 0.3) is 0 Å². The Hall–Kier alpha value is -1.14. The number of carbonyl (C=O) groups is 1. The van der Waals surface area contributed by atoms with E-state index in [0.29, 0.717) is 24.3 Å². The zero-order chi connectivity index (χ0) is 13.2. The molecule has 1 N–H and O–H groups in total. The lowest BCUT2D eigenvalue weighted by Gasteiger charge is -2.30. The van der Waals surface area contributed by atoms with Crippen molar-refractivity contribution in [2.75, 3.05) is 13.1 Å². The Labute approximate surface area is 107 Å². The zero-order valence-corrected chi connectivity index (χ0v) is 10.9. The quantitative estimate of drug-likeness (QED) is 0.840. The Balaban J connectivity index is 2.17. The van der Waals surface area contributed by atoms with Crippen molar-refractivity contribution in [3.63, 3.8) is 0 Å². The van der Waals surface area contributed by atoms with Crippen LogP contribution < -0.4 is 0 Å². The van der Waals surface area contributed by atoms with Gasteiger partial charge in [-0.25, -0.2) is 8.42 Å². The molecule has 1 aliphatic carbocycles. The minimum Gasteiger partial charge on any atom is -0.481 e. The van der Waals surface area contributed by atoms with Crippen LogP contribution in [0.1, 0.15) is 25.7 Å². The second-order valence-corrected chi connectivity index (χ2v) is 6.56. The van der Waals surface area contributed by atoms with Crippen LogP contribution in [0.3, 0.4) is 0 Å². The van der Waals surface area contributed by atoms with Crippen LogP contribution in [0.15, 0.2) is 23.1 Å². The van der Waals surface area contributed by atoms with E-state index in [9.17, 15) is 13.2 Å². The molecule has 0 radical (unpaired) electrons. The predicted octanol–water partition coefficient (Wildman–Crippen LogP) is 1.35. The van der Waals surface area contributed by atoms with Crippen molar-refractivity contribution in [1.29, 1.82) is 0 Å². The number of sulfonamides is 1. The van der Waals surface area contributed by atoms with Crippen molar-refractivity contribution in [2.24, 2.45) is 5.92 Å². The lowest BCUT2D eigenvalue weighted by atomic mass is 10.0. The van der Waals surface area contributed by atoms with E-state index in [2.05, 4.69) is 0 Å².